The maximum absolute atomic E-state index is 13.2. The lowest BCUT2D eigenvalue weighted by Gasteiger charge is -2.09. The number of allylic oxidation sites excluding steroid dienone is 3. The first-order chi connectivity index (χ1) is 28.3. The van der Waals surface area contributed by atoms with E-state index in [1.165, 1.54) is 199 Å². The van der Waals surface area contributed by atoms with E-state index in [9.17, 15) is 16.8 Å². The molecule has 0 heterocycles. The quantitative estimate of drug-likeness (QED) is 0.0344. The Kier molecular flexibility index (Phi) is 42.8. The fraction of sp³-hybridized carbons (Fsp3) is 0.880. The third-order valence-corrected chi connectivity index (χ3v) is 14.6. The first-order valence-electron chi connectivity index (χ1n) is 25.2. The summed E-state index contributed by atoms with van der Waals surface area (Å²) >= 11 is 0. The van der Waals surface area contributed by atoms with Gasteiger partial charge in [0.1, 0.15) is 12.5 Å². The van der Waals surface area contributed by atoms with Crippen molar-refractivity contribution < 1.29 is 25.2 Å². The van der Waals surface area contributed by atoms with Crippen molar-refractivity contribution in [3.05, 3.63) is 35.0 Å². The van der Waals surface area contributed by atoms with Gasteiger partial charge in [-0.1, -0.05) is 245 Å². The molecular formula is C50H96O6S2. The molecule has 58 heavy (non-hydrogen) atoms. The van der Waals surface area contributed by atoms with Crippen molar-refractivity contribution in [2.24, 2.45) is 0 Å². The van der Waals surface area contributed by atoms with Crippen LogP contribution < -0.4 is 0 Å². The lowest BCUT2D eigenvalue weighted by atomic mass is 10.0. The van der Waals surface area contributed by atoms with Gasteiger partial charge in [0.25, 0.3) is 0 Å². The Morgan fingerprint density at radius 3 is 0.759 bits per heavy atom. The molecule has 0 aliphatic heterocycles. The molecule has 0 aliphatic carbocycles. The van der Waals surface area contributed by atoms with E-state index in [-0.39, 0.29) is 0 Å². The minimum absolute atomic E-state index is 0.337. The van der Waals surface area contributed by atoms with Gasteiger partial charge in [0.2, 0.25) is 4.24 Å². The lowest BCUT2D eigenvalue weighted by Crippen LogP contribution is -2.16. The molecule has 0 spiro atoms. The van der Waals surface area contributed by atoms with Crippen LogP contribution in [-0.2, 0) is 28.6 Å². The molecule has 6 nitrogen and oxygen atoms in total. The lowest BCUT2D eigenvalue weighted by molar-refractivity contribution is 0.437. The molecule has 0 unspecified atom stereocenters. The Bertz CT molecular complexity index is 1090. The zero-order chi connectivity index (χ0) is 42.5. The second kappa shape index (κ2) is 43.8. The molecule has 344 valence electrons. The molecule has 0 aromatic rings. The van der Waals surface area contributed by atoms with Gasteiger partial charge in [-0.2, -0.15) is 16.8 Å². The summed E-state index contributed by atoms with van der Waals surface area (Å²) in [5.74, 6) is 0. The maximum atomic E-state index is 13.2. The molecule has 0 atom stereocenters. The van der Waals surface area contributed by atoms with Gasteiger partial charge in [-0.05, 0) is 56.8 Å². The fourth-order valence-corrected chi connectivity index (χ4v) is 10.1. The van der Waals surface area contributed by atoms with Gasteiger partial charge in [0.15, 0.2) is 0 Å². The smallest absolute Gasteiger partial charge is 0.353 e. The molecule has 0 amide bonds. The van der Waals surface area contributed by atoms with Crippen LogP contribution in [0.1, 0.15) is 284 Å². The molecule has 0 radical (unpaired) electrons. The molecular weight excluding hydrogens is 761 g/mol. The van der Waals surface area contributed by atoms with Crippen LogP contribution in [0.2, 0.25) is 0 Å². The van der Waals surface area contributed by atoms with Crippen molar-refractivity contribution in [2.45, 2.75) is 284 Å². The van der Waals surface area contributed by atoms with E-state index in [4.69, 9.17) is 8.37 Å². The summed E-state index contributed by atoms with van der Waals surface area (Å²) in [4.78, 5) is 0. The third kappa shape index (κ3) is 38.9. The molecule has 0 saturated heterocycles. The Hall–Kier alpha value is -1.28. The van der Waals surface area contributed by atoms with E-state index in [1.54, 1.807) is 12.2 Å². The zero-order valence-electron chi connectivity index (χ0n) is 38.6. The van der Waals surface area contributed by atoms with Crippen LogP contribution in [0.25, 0.3) is 0 Å². The first-order valence-corrected chi connectivity index (χ1v) is 28.0. The van der Waals surface area contributed by atoms with Crippen LogP contribution >= 0.6 is 0 Å². The number of hydrogen-bond acceptors (Lipinski definition) is 6. The minimum Gasteiger partial charge on any atom is -0.387 e. The van der Waals surface area contributed by atoms with Crippen LogP contribution in [-0.4, -0.2) is 16.8 Å². The van der Waals surface area contributed by atoms with Crippen molar-refractivity contribution >= 4 is 20.2 Å². The van der Waals surface area contributed by atoms with Crippen LogP contribution in [0.5, 0.6) is 0 Å². The van der Waals surface area contributed by atoms with Crippen molar-refractivity contribution in [1.82, 2.24) is 0 Å². The van der Waals surface area contributed by atoms with Crippen LogP contribution in [0.3, 0.4) is 0 Å². The van der Waals surface area contributed by atoms with Crippen molar-refractivity contribution in [3.8, 4) is 0 Å². The van der Waals surface area contributed by atoms with E-state index in [0.717, 1.165) is 63.9 Å². The van der Waals surface area contributed by atoms with E-state index >= 15 is 0 Å². The van der Waals surface area contributed by atoms with Crippen LogP contribution in [0.15, 0.2) is 35.0 Å². The summed E-state index contributed by atoms with van der Waals surface area (Å²) < 4.78 is 62.4. The van der Waals surface area contributed by atoms with Crippen molar-refractivity contribution in [1.29, 1.82) is 0 Å². The predicted molar refractivity (Wildman–Crippen MR) is 253 cm³/mol. The predicted octanol–water partition coefficient (Wildman–Crippen LogP) is 17.6. The number of unbranched alkanes of at least 4 members (excludes halogenated alkanes) is 38. The molecule has 0 aromatic heterocycles. The highest BCUT2D eigenvalue weighted by molar-refractivity contribution is 8.10. The second-order valence-corrected chi connectivity index (χ2v) is 20.4. The Morgan fingerprint density at radius 1 is 0.310 bits per heavy atom. The van der Waals surface area contributed by atoms with E-state index in [0.29, 0.717) is 19.3 Å². The van der Waals surface area contributed by atoms with Gasteiger partial charge in [-0.15, -0.1) is 0 Å². The molecule has 0 N–H and O–H groups in total. The van der Waals surface area contributed by atoms with Gasteiger partial charge >= 0.3 is 20.2 Å². The van der Waals surface area contributed by atoms with Gasteiger partial charge < -0.3 is 8.37 Å². The molecule has 0 bridgehead atoms. The van der Waals surface area contributed by atoms with E-state index in [2.05, 4.69) is 20.8 Å². The summed E-state index contributed by atoms with van der Waals surface area (Å²) in [6.45, 7) is 6.77. The largest absolute Gasteiger partial charge is 0.387 e. The summed E-state index contributed by atoms with van der Waals surface area (Å²) in [6.07, 6.45) is 56.0. The first kappa shape index (κ1) is 56.7. The average molecular weight is 857 g/mol. The Labute approximate surface area is 362 Å². The molecule has 0 aliphatic rings. The van der Waals surface area contributed by atoms with Crippen molar-refractivity contribution in [2.75, 3.05) is 0 Å². The standard InChI is InChI=1S/C50H96O6S2/c1-4-7-10-13-16-19-22-25-28-29-32-35-38-41-44-47-50(57(51,52)55-48-45-42-39-36-33-30-26-23-20-17-14-11-8-5-2)58(53,54)56-49-46-43-40-37-34-31-27-24-21-18-15-12-9-6-3/h45-49H,4-44H2,1-3H3. The normalized spacial score (nSPS) is 12.3. The SMILES string of the molecule is CCCCCCCCCCCCCCC=COS(=O)(=O)C(=CCCCCCCCCCCCCCCCC)S(=O)(=O)OC=CCCCCCCCCCCCCCC. The van der Waals surface area contributed by atoms with Crippen LogP contribution in [0.4, 0.5) is 0 Å². The second-order valence-electron chi connectivity index (χ2n) is 17.1. The van der Waals surface area contributed by atoms with E-state index in [1.807, 2.05) is 0 Å². The van der Waals surface area contributed by atoms with E-state index < -0.39 is 24.5 Å². The Morgan fingerprint density at radius 2 is 0.517 bits per heavy atom. The fourth-order valence-electron chi connectivity index (χ4n) is 7.55. The minimum atomic E-state index is -4.56. The molecule has 0 fully saturated rings. The average Bonchev–Trinajstić information content (AvgIpc) is 3.20. The number of rotatable bonds is 47. The van der Waals surface area contributed by atoms with Gasteiger partial charge in [0, 0.05) is 0 Å². The number of hydrogen-bond donors (Lipinski definition) is 0. The monoisotopic (exact) mass is 857 g/mol. The summed E-state index contributed by atoms with van der Waals surface area (Å²) in [6, 6.07) is 0. The highest BCUT2D eigenvalue weighted by atomic mass is 32.3. The summed E-state index contributed by atoms with van der Waals surface area (Å²) in [5.41, 5.74) is 0. The van der Waals surface area contributed by atoms with Gasteiger partial charge in [-0.3, -0.25) is 0 Å². The molecule has 0 aromatic carbocycles. The summed E-state index contributed by atoms with van der Waals surface area (Å²) in [7, 11) is -9.12. The maximum Gasteiger partial charge on any atom is 0.353 e. The zero-order valence-corrected chi connectivity index (χ0v) is 40.3. The van der Waals surface area contributed by atoms with Crippen LogP contribution in [0, 0.1) is 0 Å². The molecule has 0 rings (SSSR count). The van der Waals surface area contributed by atoms with Gasteiger partial charge in [0.05, 0.1) is 0 Å². The Balaban J connectivity index is 4.71. The third-order valence-electron chi connectivity index (χ3n) is 11.4. The summed E-state index contributed by atoms with van der Waals surface area (Å²) in [5, 5.41) is 0. The molecule has 0 saturated carbocycles. The highest BCUT2D eigenvalue weighted by Crippen LogP contribution is 2.23. The topological polar surface area (TPSA) is 86.7 Å². The highest BCUT2D eigenvalue weighted by Gasteiger charge is 2.33. The van der Waals surface area contributed by atoms with Crippen molar-refractivity contribution in [3.63, 3.8) is 0 Å². The molecule has 8 heteroatoms. The van der Waals surface area contributed by atoms with Gasteiger partial charge in [-0.25, -0.2) is 0 Å².